The first kappa shape index (κ1) is 8.03. The van der Waals surface area contributed by atoms with Crippen molar-refractivity contribution in [1.29, 1.82) is 10.5 Å². The summed E-state index contributed by atoms with van der Waals surface area (Å²) in [6, 6.07) is 4.48. The third-order valence-electron chi connectivity index (χ3n) is 3.70. The predicted molar refractivity (Wildman–Crippen MR) is 47.6 cm³/mol. The van der Waals surface area contributed by atoms with Crippen molar-refractivity contribution in [1.82, 2.24) is 0 Å². The van der Waals surface area contributed by atoms with E-state index in [4.69, 9.17) is 15.3 Å². The number of ether oxygens (including phenoxy) is 1. The van der Waals surface area contributed by atoms with E-state index in [1.54, 1.807) is 0 Å². The zero-order valence-electron chi connectivity index (χ0n) is 7.63. The third-order valence-corrected chi connectivity index (χ3v) is 3.70. The van der Waals surface area contributed by atoms with Gasteiger partial charge in [0.25, 0.3) is 0 Å². The van der Waals surface area contributed by atoms with E-state index in [1.807, 2.05) is 0 Å². The highest BCUT2D eigenvalue weighted by Crippen LogP contribution is 2.50. The zero-order valence-corrected chi connectivity index (χ0v) is 7.63. The second kappa shape index (κ2) is 2.59. The molecule has 3 heteroatoms. The average Bonchev–Trinajstić information content (AvgIpc) is 2.72. The van der Waals surface area contributed by atoms with Crippen LogP contribution in [-0.4, -0.2) is 12.2 Å². The van der Waals surface area contributed by atoms with Gasteiger partial charge >= 0.3 is 0 Å². The molecule has 2 saturated heterocycles. The molecule has 0 aromatic carbocycles. The lowest BCUT2D eigenvalue weighted by atomic mass is 9.85. The van der Waals surface area contributed by atoms with Crippen LogP contribution in [0.1, 0.15) is 6.42 Å². The molecule has 3 nitrogen and oxygen atoms in total. The monoisotopic (exact) mass is 186 g/mol. The molecule has 6 atom stereocenters. The number of nitriles is 2. The smallest absolute Gasteiger partial charge is 0.0914 e. The summed E-state index contributed by atoms with van der Waals surface area (Å²) in [5.74, 6) is 0.313. The van der Waals surface area contributed by atoms with Gasteiger partial charge in [-0.05, 0) is 6.42 Å². The van der Waals surface area contributed by atoms with Crippen molar-refractivity contribution in [2.75, 3.05) is 0 Å². The van der Waals surface area contributed by atoms with Crippen molar-refractivity contribution < 1.29 is 4.74 Å². The second-order valence-electron chi connectivity index (χ2n) is 4.32. The van der Waals surface area contributed by atoms with Crippen molar-refractivity contribution in [3.8, 4) is 12.1 Å². The fraction of sp³-hybridized carbons (Fsp3) is 0.636. The molecule has 14 heavy (non-hydrogen) atoms. The van der Waals surface area contributed by atoms with Crippen molar-refractivity contribution >= 4 is 0 Å². The fourth-order valence-electron chi connectivity index (χ4n) is 3.05. The number of nitrogens with zero attached hydrogens (tertiary/aromatic N) is 2. The molecule has 1 aliphatic carbocycles. The van der Waals surface area contributed by atoms with Crippen LogP contribution in [0.15, 0.2) is 12.2 Å². The van der Waals surface area contributed by atoms with Gasteiger partial charge in [0.1, 0.15) is 0 Å². The Bertz CT molecular complexity index is 342. The van der Waals surface area contributed by atoms with Gasteiger partial charge < -0.3 is 4.74 Å². The first-order valence-electron chi connectivity index (χ1n) is 4.98. The van der Waals surface area contributed by atoms with Gasteiger partial charge in [-0.2, -0.15) is 10.5 Å². The molecule has 2 fully saturated rings. The molecule has 0 aromatic rings. The van der Waals surface area contributed by atoms with Gasteiger partial charge in [-0.15, -0.1) is 0 Å². The van der Waals surface area contributed by atoms with Crippen LogP contribution in [0.4, 0.5) is 0 Å². The highest BCUT2D eigenvalue weighted by atomic mass is 16.5. The van der Waals surface area contributed by atoms with E-state index in [-0.39, 0.29) is 24.0 Å². The molecule has 70 valence electrons. The molecule has 0 amide bonds. The number of hydrogen-bond acceptors (Lipinski definition) is 3. The fourth-order valence-corrected chi connectivity index (χ4v) is 3.05. The normalized spacial score (nSPS) is 52.7. The van der Waals surface area contributed by atoms with Gasteiger partial charge in [0.15, 0.2) is 0 Å². The predicted octanol–water partition coefficient (Wildman–Crippen LogP) is 1.24. The molecule has 0 N–H and O–H groups in total. The van der Waals surface area contributed by atoms with Gasteiger partial charge in [0.2, 0.25) is 0 Å². The third kappa shape index (κ3) is 0.786. The van der Waals surface area contributed by atoms with Crippen LogP contribution in [0.25, 0.3) is 0 Å². The van der Waals surface area contributed by atoms with E-state index in [9.17, 15) is 0 Å². The standard InChI is InChI=1S/C11H10N2O/c12-4-8-9(5-13)11-7-2-1-6(3-7)10(8)14-11/h1-2,6-11H,3H2/t6-,7+,8-,9-,10-,11+/m0/s1. The summed E-state index contributed by atoms with van der Waals surface area (Å²) in [6.07, 6.45) is 5.35. The van der Waals surface area contributed by atoms with E-state index in [2.05, 4.69) is 24.3 Å². The summed E-state index contributed by atoms with van der Waals surface area (Å²) in [7, 11) is 0. The van der Waals surface area contributed by atoms with Crippen molar-refractivity contribution in [3.63, 3.8) is 0 Å². The van der Waals surface area contributed by atoms with E-state index >= 15 is 0 Å². The van der Waals surface area contributed by atoms with Gasteiger partial charge in [0, 0.05) is 11.8 Å². The average molecular weight is 186 g/mol. The Hall–Kier alpha value is -1.32. The van der Waals surface area contributed by atoms with Crippen LogP contribution in [-0.2, 0) is 4.74 Å². The van der Waals surface area contributed by atoms with Gasteiger partial charge in [-0.1, -0.05) is 12.2 Å². The maximum Gasteiger partial charge on any atom is 0.0914 e. The van der Waals surface area contributed by atoms with Crippen LogP contribution >= 0.6 is 0 Å². The molecule has 4 bridgehead atoms. The maximum absolute atomic E-state index is 9.04. The summed E-state index contributed by atoms with van der Waals surface area (Å²) in [5, 5.41) is 18.1. The van der Waals surface area contributed by atoms with Crippen LogP contribution in [0.2, 0.25) is 0 Å². The Morgan fingerprint density at radius 1 is 1.00 bits per heavy atom. The number of rotatable bonds is 0. The van der Waals surface area contributed by atoms with Crippen molar-refractivity contribution in [3.05, 3.63) is 12.2 Å². The van der Waals surface area contributed by atoms with Crippen molar-refractivity contribution in [2.45, 2.75) is 18.6 Å². The summed E-state index contributed by atoms with van der Waals surface area (Å²) >= 11 is 0. The lowest BCUT2D eigenvalue weighted by Gasteiger charge is -2.27. The van der Waals surface area contributed by atoms with Crippen molar-refractivity contribution in [2.24, 2.45) is 23.7 Å². The van der Waals surface area contributed by atoms with E-state index in [0.29, 0.717) is 11.8 Å². The summed E-state index contributed by atoms with van der Waals surface area (Å²) in [5.41, 5.74) is 0. The summed E-state index contributed by atoms with van der Waals surface area (Å²) in [4.78, 5) is 0. The lowest BCUT2D eigenvalue weighted by molar-refractivity contribution is -0.0412. The van der Waals surface area contributed by atoms with Crippen LogP contribution in [0.3, 0.4) is 0 Å². The van der Waals surface area contributed by atoms with Gasteiger partial charge in [-0.3, -0.25) is 0 Å². The molecule has 0 spiro atoms. The SMILES string of the molecule is N#C[C@H]1[C@H](C#N)[C@@H]2O[C@H]1[C@H]1C=C[C@@H]2C1. The maximum atomic E-state index is 9.04. The molecule has 0 aromatic heterocycles. The first-order chi connectivity index (χ1) is 6.85. The van der Waals surface area contributed by atoms with Crippen LogP contribution in [0.5, 0.6) is 0 Å². The van der Waals surface area contributed by atoms with Crippen LogP contribution < -0.4 is 0 Å². The molecule has 0 radical (unpaired) electrons. The molecule has 3 rings (SSSR count). The Labute approximate surface area is 82.6 Å². The first-order valence-corrected chi connectivity index (χ1v) is 4.98. The minimum absolute atomic E-state index is 0.0235. The molecule has 0 saturated carbocycles. The Morgan fingerprint density at radius 2 is 1.50 bits per heavy atom. The number of hydrogen-bond donors (Lipinski definition) is 0. The molecule has 3 aliphatic rings. The van der Waals surface area contributed by atoms with E-state index < -0.39 is 0 Å². The molecular weight excluding hydrogens is 176 g/mol. The quantitative estimate of drug-likeness (QED) is 0.535. The molecular formula is C11H10N2O. The largest absolute Gasteiger partial charge is 0.371 e. The topological polar surface area (TPSA) is 56.8 Å². The van der Waals surface area contributed by atoms with Gasteiger partial charge in [-0.25, -0.2) is 0 Å². The zero-order chi connectivity index (χ0) is 9.71. The highest BCUT2D eigenvalue weighted by Gasteiger charge is 2.55. The summed E-state index contributed by atoms with van der Waals surface area (Å²) in [6.45, 7) is 0. The van der Waals surface area contributed by atoms with E-state index in [1.165, 1.54) is 0 Å². The molecule has 0 unspecified atom stereocenters. The van der Waals surface area contributed by atoms with Crippen LogP contribution in [0, 0.1) is 46.3 Å². The Balaban J connectivity index is 2.03. The molecule has 2 aliphatic heterocycles. The summed E-state index contributed by atoms with van der Waals surface area (Å²) < 4.78 is 5.78. The van der Waals surface area contributed by atoms with Gasteiger partial charge in [0.05, 0.1) is 36.2 Å². The lowest BCUT2D eigenvalue weighted by Crippen LogP contribution is -2.30. The highest BCUT2D eigenvalue weighted by molar-refractivity contribution is 5.22. The molecule has 2 heterocycles. The second-order valence-corrected chi connectivity index (χ2v) is 4.32. The minimum atomic E-state index is -0.218. The minimum Gasteiger partial charge on any atom is -0.371 e. The Kier molecular flexibility index (Phi) is 1.48. The Morgan fingerprint density at radius 3 is 1.93 bits per heavy atom. The number of fused-ring (bicyclic) bond motifs is 6. The van der Waals surface area contributed by atoms with E-state index in [0.717, 1.165) is 6.42 Å².